The Kier molecular flexibility index (Phi) is 5.11. The number of thiophene rings is 1. The van der Waals surface area contributed by atoms with Crippen molar-refractivity contribution in [2.75, 3.05) is 32.8 Å². The highest BCUT2D eigenvalue weighted by molar-refractivity contribution is 7.89. The maximum Gasteiger partial charge on any atom is 0.270 e. The topological polar surface area (TPSA) is 82.7 Å². The van der Waals surface area contributed by atoms with Gasteiger partial charge in [0.1, 0.15) is 10.6 Å². The second kappa shape index (κ2) is 7.38. The maximum absolute atomic E-state index is 13.1. The summed E-state index contributed by atoms with van der Waals surface area (Å²) in [5.41, 5.74) is 1.54. The lowest BCUT2D eigenvalue weighted by Crippen LogP contribution is -2.40. The summed E-state index contributed by atoms with van der Waals surface area (Å²) in [6.45, 7) is 4.18. The summed E-state index contributed by atoms with van der Waals surface area (Å²) in [5.74, 6) is -0.151. The minimum atomic E-state index is -3.61. The highest BCUT2D eigenvalue weighted by atomic mass is 32.2. The number of hydrogen-bond acceptors (Lipinski definition) is 5. The van der Waals surface area contributed by atoms with E-state index in [0.29, 0.717) is 38.5 Å². The van der Waals surface area contributed by atoms with E-state index >= 15 is 0 Å². The van der Waals surface area contributed by atoms with Gasteiger partial charge in [0.15, 0.2) is 0 Å². The summed E-state index contributed by atoms with van der Waals surface area (Å²) in [6, 6.07) is 3.59. The van der Waals surface area contributed by atoms with Crippen molar-refractivity contribution in [2.24, 2.45) is 0 Å². The molecular weight excluding hydrogens is 386 g/mol. The normalized spacial score (nSPS) is 21.2. The van der Waals surface area contributed by atoms with Crippen molar-refractivity contribution in [3.8, 4) is 0 Å². The van der Waals surface area contributed by atoms with Crippen LogP contribution in [0.1, 0.15) is 40.3 Å². The molecule has 1 atom stereocenters. The molecule has 0 radical (unpaired) electrons. The molecule has 7 nitrogen and oxygen atoms in total. The third-order valence-electron chi connectivity index (χ3n) is 5.24. The lowest BCUT2D eigenvalue weighted by atomic mass is 9.97. The van der Waals surface area contributed by atoms with Crippen molar-refractivity contribution >= 4 is 27.3 Å². The molecule has 2 aliphatic heterocycles. The van der Waals surface area contributed by atoms with Gasteiger partial charge >= 0.3 is 0 Å². The number of amides is 1. The van der Waals surface area contributed by atoms with Gasteiger partial charge in [0, 0.05) is 30.7 Å². The molecule has 146 valence electrons. The van der Waals surface area contributed by atoms with Crippen molar-refractivity contribution in [3.05, 3.63) is 39.8 Å². The van der Waals surface area contributed by atoms with Gasteiger partial charge in [-0.15, -0.1) is 11.3 Å². The zero-order chi connectivity index (χ0) is 19.0. The molecule has 2 aromatic rings. The average molecular weight is 410 g/mol. The Morgan fingerprint density at radius 1 is 1.33 bits per heavy atom. The first-order chi connectivity index (χ1) is 13.0. The van der Waals surface area contributed by atoms with E-state index < -0.39 is 10.0 Å². The molecule has 0 spiro atoms. The molecule has 2 aromatic heterocycles. The summed E-state index contributed by atoms with van der Waals surface area (Å²) in [7, 11) is -3.61. The van der Waals surface area contributed by atoms with E-state index in [1.54, 1.807) is 11.3 Å². The van der Waals surface area contributed by atoms with E-state index in [9.17, 15) is 13.2 Å². The van der Waals surface area contributed by atoms with Crippen LogP contribution in [0.2, 0.25) is 0 Å². The molecule has 1 saturated heterocycles. The van der Waals surface area contributed by atoms with Gasteiger partial charge in [0.25, 0.3) is 5.91 Å². The molecule has 9 heteroatoms. The van der Waals surface area contributed by atoms with E-state index in [0.717, 1.165) is 12.8 Å². The average Bonchev–Trinajstić information content (AvgIpc) is 3.37. The molecule has 27 heavy (non-hydrogen) atoms. The van der Waals surface area contributed by atoms with Gasteiger partial charge in [-0.3, -0.25) is 4.79 Å². The Morgan fingerprint density at radius 2 is 2.11 bits per heavy atom. The number of nitrogens with one attached hydrogen (secondary N) is 1. The molecule has 0 saturated carbocycles. The van der Waals surface area contributed by atoms with E-state index in [4.69, 9.17) is 4.74 Å². The zero-order valence-electron chi connectivity index (χ0n) is 15.2. The van der Waals surface area contributed by atoms with Crippen molar-refractivity contribution in [1.82, 2.24) is 14.2 Å². The first-order valence-electron chi connectivity index (χ1n) is 9.16. The van der Waals surface area contributed by atoms with Gasteiger partial charge in [0.2, 0.25) is 10.0 Å². The largest absolute Gasteiger partial charge is 0.379 e. The van der Waals surface area contributed by atoms with Crippen LogP contribution in [0.5, 0.6) is 0 Å². The number of H-pyrrole nitrogens is 1. The van der Waals surface area contributed by atoms with Crippen LogP contribution in [0, 0.1) is 0 Å². The number of fused-ring (bicyclic) bond motifs is 1. The van der Waals surface area contributed by atoms with Crippen LogP contribution in [0.25, 0.3) is 0 Å². The molecule has 0 unspecified atom stereocenters. The predicted octanol–water partition coefficient (Wildman–Crippen LogP) is 2.25. The highest BCUT2D eigenvalue weighted by Gasteiger charge is 2.33. The quantitative estimate of drug-likeness (QED) is 0.840. The number of aromatic nitrogens is 1. The van der Waals surface area contributed by atoms with Crippen molar-refractivity contribution in [3.63, 3.8) is 0 Å². The summed E-state index contributed by atoms with van der Waals surface area (Å²) < 4.78 is 32.2. The third-order valence-corrected chi connectivity index (χ3v) is 8.11. The molecule has 4 rings (SSSR count). The van der Waals surface area contributed by atoms with Crippen LogP contribution in [-0.4, -0.2) is 61.4 Å². The summed E-state index contributed by atoms with van der Waals surface area (Å²) in [5, 5.41) is 2.07. The van der Waals surface area contributed by atoms with Crippen molar-refractivity contribution < 1.29 is 17.9 Å². The SMILES string of the molecule is CC[C@H]1c2ccsc2CCN1C(=O)c1cc(S(=O)(=O)N2CCOCC2)c[nH]1. The van der Waals surface area contributed by atoms with E-state index in [-0.39, 0.29) is 16.8 Å². The minimum Gasteiger partial charge on any atom is -0.379 e. The predicted molar refractivity (Wildman–Crippen MR) is 102 cm³/mol. The van der Waals surface area contributed by atoms with Gasteiger partial charge < -0.3 is 14.6 Å². The maximum atomic E-state index is 13.1. The Labute approximate surface area is 163 Å². The molecule has 1 N–H and O–H groups in total. The third kappa shape index (κ3) is 3.33. The van der Waals surface area contributed by atoms with Gasteiger partial charge in [-0.05, 0) is 35.9 Å². The second-order valence-electron chi connectivity index (χ2n) is 6.74. The number of aromatic amines is 1. The molecule has 1 fully saturated rings. The van der Waals surface area contributed by atoms with Crippen LogP contribution >= 0.6 is 11.3 Å². The van der Waals surface area contributed by atoms with Crippen LogP contribution in [-0.2, 0) is 21.2 Å². The number of rotatable bonds is 4. The molecule has 1 amide bonds. The summed E-state index contributed by atoms with van der Waals surface area (Å²) >= 11 is 1.74. The number of hydrogen-bond donors (Lipinski definition) is 1. The summed E-state index contributed by atoms with van der Waals surface area (Å²) in [6.07, 6.45) is 3.09. The molecular formula is C18H23N3O4S2. The van der Waals surface area contributed by atoms with E-state index in [1.165, 1.54) is 27.0 Å². The molecule has 4 heterocycles. The minimum absolute atomic E-state index is 0.0371. The first kappa shape index (κ1) is 18.7. The molecule has 0 bridgehead atoms. The molecule has 0 aromatic carbocycles. The second-order valence-corrected chi connectivity index (χ2v) is 9.68. The number of ether oxygens (including phenoxy) is 1. The Bertz CT molecular complexity index is 928. The van der Waals surface area contributed by atoms with Gasteiger partial charge in [0.05, 0.1) is 19.3 Å². The van der Waals surface area contributed by atoms with Gasteiger partial charge in [-0.2, -0.15) is 4.31 Å². The Balaban J connectivity index is 1.57. The van der Waals surface area contributed by atoms with E-state index in [1.807, 2.05) is 4.90 Å². The fourth-order valence-corrected chi connectivity index (χ4v) is 6.15. The standard InChI is InChI=1S/C18H23N3O4S2/c1-2-16-14-4-10-26-17(14)3-5-21(16)18(22)15-11-13(12-19-15)27(23,24)20-6-8-25-9-7-20/h4,10-12,16,19H,2-3,5-9H2,1H3/t16-/m0/s1. The van der Waals surface area contributed by atoms with Crippen LogP contribution in [0.3, 0.4) is 0 Å². The van der Waals surface area contributed by atoms with Crippen LogP contribution in [0.4, 0.5) is 0 Å². The Hall–Kier alpha value is -1.68. The monoisotopic (exact) mass is 409 g/mol. The number of nitrogens with zero attached hydrogens (tertiary/aromatic N) is 2. The molecule has 2 aliphatic rings. The fourth-order valence-electron chi connectivity index (χ4n) is 3.82. The highest BCUT2D eigenvalue weighted by Crippen LogP contribution is 2.36. The number of carbonyl (C=O) groups excluding carboxylic acids is 1. The number of sulfonamides is 1. The molecule has 0 aliphatic carbocycles. The van der Waals surface area contributed by atoms with Gasteiger partial charge in [-0.25, -0.2) is 8.42 Å². The fraction of sp³-hybridized carbons (Fsp3) is 0.500. The lowest BCUT2D eigenvalue weighted by Gasteiger charge is -2.35. The smallest absolute Gasteiger partial charge is 0.270 e. The number of morpholine rings is 1. The van der Waals surface area contributed by atoms with Gasteiger partial charge in [-0.1, -0.05) is 6.92 Å². The van der Waals surface area contributed by atoms with E-state index in [2.05, 4.69) is 23.4 Å². The van der Waals surface area contributed by atoms with Crippen LogP contribution in [0.15, 0.2) is 28.6 Å². The van der Waals surface area contributed by atoms with Crippen molar-refractivity contribution in [2.45, 2.75) is 30.7 Å². The van der Waals surface area contributed by atoms with Crippen LogP contribution < -0.4 is 0 Å². The zero-order valence-corrected chi connectivity index (χ0v) is 16.8. The first-order valence-corrected chi connectivity index (χ1v) is 11.5. The van der Waals surface area contributed by atoms with Crippen molar-refractivity contribution in [1.29, 1.82) is 0 Å². The lowest BCUT2D eigenvalue weighted by molar-refractivity contribution is 0.0652. The number of carbonyl (C=O) groups is 1. The Morgan fingerprint density at radius 3 is 2.85 bits per heavy atom. The summed E-state index contributed by atoms with van der Waals surface area (Å²) in [4.78, 5) is 19.3.